The molecule has 0 aromatic carbocycles. The van der Waals surface area contributed by atoms with Crippen molar-refractivity contribution >= 4 is 11.9 Å². The molecule has 0 bridgehead atoms. The minimum atomic E-state index is -1.000. The Kier molecular flexibility index (Phi) is 5.58. The summed E-state index contributed by atoms with van der Waals surface area (Å²) in [6.45, 7) is 11.1. The molecule has 0 saturated heterocycles. The van der Waals surface area contributed by atoms with Crippen molar-refractivity contribution in [3.8, 4) is 0 Å². The summed E-state index contributed by atoms with van der Waals surface area (Å²) in [5.41, 5.74) is 1.92. The zero-order chi connectivity index (χ0) is 16.3. The molecule has 1 rings (SSSR count). The molecule has 2 unspecified atom stereocenters. The average molecular weight is 295 g/mol. The molecule has 0 radical (unpaired) electrons. The van der Waals surface area contributed by atoms with E-state index in [4.69, 9.17) is 4.74 Å². The first kappa shape index (κ1) is 17.3. The van der Waals surface area contributed by atoms with Gasteiger partial charge in [0.2, 0.25) is 0 Å². The van der Waals surface area contributed by atoms with Crippen molar-refractivity contribution in [2.45, 2.75) is 54.1 Å². The van der Waals surface area contributed by atoms with E-state index >= 15 is 0 Å². The SMILES string of the molecule is CCC(C)OC(=O)C1=C(C)NC(C)=C(C(=O)O)C1C(C)C. The molecule has 0 amide bonds. The maximum Gasteiger partial charge on any atom is 0.336 e. The molecule has 5 heteroatoms. The molecule has 1 aliphatic heterocycles. The van der Waals surface area contributed by atoms with Gasteiger partial charge in [0.25, 0.3) is 0 Å². The Bertz CT molecular complexity index is 502. The predicted molar refractivity (Wildman–Crippen MR) is 80.3 cm³/mol. The van der Waals surface area contributed by atoms with Gasteiger partial charge in [0.1, 0.15) is 0 Å². The third-order valence-corrected chi connectivity index (χ3v) is 3.81. The number of carbonyl (C=O) groups is 2. The molecule has 2 N–H and O–H groups in total. The second-order valence-corrected chi connectivity index (χ2v) is 5.85. The summed E-state index contributed by atoms with van der Waals surface area (Å²) in [5, 5.41) is 12.5. The summed E-state index contributed by atoms with van der Waals surface area (Å²) < 4.78 is 5.40. The highest BCUT2D eigenvalue weighted by atomic mass is 16.5. The minimum absolute atomic E-state index is 0.0115. The fourth-order valence-corrected chi connectivity index (χ4v) is 2.60. The Labute approximate surface area is 126 Å². The van der Waals surface area contributed by atoms with Gasteiger partial charge < -0.3 is 15.2 Å². The number of carboxylic acid groups (broad SMARTS) is 1. The van der Waals surface area contributed by atoms with Crippen LogP contribution in [0.3, 0.4) is 0 Å². The van der Waals surface area contributed by atoms with Crippen LogP contribution >= 0.6 is 0 Å². The van der Waals surface area contributed by atoms with Crippen LogP contribution in [0.15, 0.2) is 22.5 Å². The second kappa shape index (κ2) is 6.78. The van der Waals surface area contributed by atoms with Gasteiger partial charge in [-0.25, -0.2) is 9.59 Å². The molecule has 1 heterocycles. The Morgan fingerprint density at radius 1 is 1.19 bits per heavy atom. The van der Waals surface area contributed by atoms with E-state index in [2.05, 4.69) is 5.32 Å². The van der Waals surface area contributed by atoms with Crippen molar-refractivity contribution in [2.75, 3.05) is 0 Å². The number of allylic oxidation sites excluding steroid dienone is 2. The van der Waals surface area contributed by atoms with Gasteiger partial charge in [-0.1, -0.05) is 20.8 Å². The minimum Gasteiger partial charge on any atom is -0.478 e. The monoisotopic (exact) mass is 295 g/mol. The van der Waals surface area contributed by atoms with Crippen molar-refractivity contribution in [1.29, 1.82) is 0 Å². The van der Waals surface area contributed by atoms with Crippen molar-refractivity contribution in [1.82, 2.24) is 5.32 Å². The van der Waals surface area contributed by atoms with Gasteiger partial charge in [0.15, 0.2) is 0 Å². The standard InChI is InChI=1S/C16H25NO4/c1-7-9(4)21-16(20)14-11(6)17-10(5)13(15(18)19)12(14)8(2)3/h8-9,12,17H,7H2,1-6H3,(H,18,19). The molecule has 0 aliphatic carbocycles. The van der Waals surface area contributed by atoms with Crippen LogP contribution in [0.1, 0.15) is 48.0 Å². The van der Waals surface area contributed by atoms with Gasteiger partial charge in [0.05, 0.1) is 17.3 Å². The molecule has 21 heavy (non-hydrogen) atoms. The number of rotatable bonds is 5. The van der Waals surface area contributed by atoms with Crippen molar-refractivity contribution in [3.63, 3.8) is 0 Å². The smallest absolute Gasteiger partial charge is 0.336 e. The Balaban J connectivity index is 3.25. The number of nitrogens with one attached hydrogen (secondary N) is 1. The number of ether oxygens (including phenoxy) is 1. The highest BCUT2D eigenvalue weighted by Crippen LogP contribution is 2.36. The van der Waals surface area contributed by atoms with E-state index < -0.39 is 17.9 Å². The van der Waals surface area contributed by atoms with Crippen LogP contribution in [0.25, 0.3) is 0 Å². The topological polar surface area (TPSA) is 75.6 Å². The summed E-state index contributed by atoms with van der Waals surface area (Å²) in [7, 11) is 0. The van der Waals surface area contributed by atoms with Crippen LogP contribution in [0.2, 0.25) is 0 Å². The first-order valence-electron chi connectivity index (χ1n) is 7.33. The highest BCUT2D eigenvalue weighted by molar-refractivity contribution is 5.97. The maximum atomic E-state index is 12.4. The number of hydrogen-bond acceptors (Lipinski definition) is 4. The molecule has 118 valence electrons. The summed E-state index contributed by atoms with van der Waals surface area (Å²) in [6, 6.07) is 0. The first-order valence-corrected chi connectivity index (χ1v) is 7.33. The molecule has 1 aliphatic rings. The van der Waals surface area contributed by atoms with Gasteiger partial charge in [-0.15, -0.1) is 0 Å². The number of aliphatic carboxylic acids is 1. The average Bonchev–Trinajstić information content (AvgIpc) is 2.36. The number of carbonyl (C=O) groups excluding carboxylic acids is 1. The van der Waals surface area contributed by atoms with Gasteiger partial charge in [-0.3, -0.25) is 0 Å². The summed E-state index contributed by atoms with van der Waals surface area (Å²) in [6.07, 6.45) is 0.532. The number of esters is 1. The summed E-state index contributed by atoms with van der Waals surface area (Å²) in [4.78, 5) is 24.0. The highest BCUT2D eigenvalue weighted by Gasteiger charge is 2.38. The summed E-state index contributed by atoms with van der Waals surface area (Å²) in [5.74, 6) is -1.90. The Morgan fingerprint density at radius 3 is 2.14 bits per heavy atom. The van der Waals surface area contributed by atoms with Crippen LogP contribution in [0, 0.1) is 11.8 Å². The van der Waals surface area contributed by atoms with E-state index in [1.807, 2.05) is 27.7 Å². The van der Waals surface area contributed by atoms with Crippen molar-refractivity contribution < 1.29 is 19.4 Å². The lowest BCUT2D eigenvalue weighted by Crippen LogP contribution is -2.36. The third-order valence-electron chi connectivity index (χ3n) is 3.81. The Hall–Kier alpha value is -1.78. The van der Waals surface area contributed by atoms with E-state index in [1.54, 1.807) is 13.8 Å². The Morgan fingerprint density at radius 2 is 1.71 bits per heavy atom. The van der Waals surface area contributed by atoms with Crippen LogP contribution in [-0.4, -0.2) is 23.1 Å². The van der Waals surface area contributed by atoms with E-state index in [9.17, 15) is 14.7 Å². The normalized spacial score (nSPS) is 20.4. The van der Waals surface area contributed by atoms with E-state index in [-0.39, 0.29) is 17.6 Å². The second-order valence-electron chi connectivity index (χ2n) is 5.85. The fraction of sp³-hybridized carbons (Fsp3) is 0.625. The quantitative estimate of drug-likeness (QED) is 0.763. The lowest BCUT2D eigenvalue weighted by Gasteiger charge is -2.32. The molecule has 0 aromatic heterocycles. The molecular formula is C16H25NO4. The van der Waals surface area contributed by atoms with Gasteiger partial charge in [0, 0.05) is 17.3 Å². The van der Waals surface area contributed by atoms with E-state index in [0.29, 0.717) is 17.0 Å². The largest absolute Gasteiger partial charge is 0.478 e. The zero-order valence-electron chi connectivity index (χ0n) is 13.6. The lowest BCUT2D eigenvalue weighted by atomic mass is 9.78. The summed E-state index contributed by atoms with van der Waals surface area (Å²) >= 11 is 0. The first-order chi connectivity index (χ1) is 9.70. The van der Waals surface area contributed by atoms with Crippen molar-refractivity contribution in [2.24, 2.45) is 11.8 Å². The molecule has 2 atom stereocenters. The molecule has 0 fully saturated rings. The zero-order valence-corrected chi connectivity index (χ0v) is 13.6. The number of hydrogen-bond donors (Lipinski definition) is 2. The molecule has 0 aromatic rings. The van der Waals surface area contributed by atoms with Crippen molar-refractivity contribution in [3.05, 3.63) is 22.5 Å². The van der Waals surface area contributed by atoms with Crippen LogP contribution in [0.5, 0.6) is 0 Å². The van der Waals surface area contributed by atoms with E-state index in [1.165, 1.54) is 0 Å². The number of dihydropyridines is 1. The molecule has 0 spiro atoms. The van der Waals surface area contributed by atoms with Crippen LogP contribution in [-0.2, 0) is 14.3 Å². The fourth-order valence-electron chi connectivity index (χ4n) is 2.60. The lowest BCUT2D eigenvalue weighted by molar-refractivity contribution is -0.144. The van der Waals surface area contributed by atoms with Gasteiger partial charge in [-0.05, 0) is 33.1 Å². The van der Waals surface area contributed by atoms with Crippen LogP contribution in [0.4, 0.5) is 0 Å². The van der Waals surface area contributed by atoms with Gasteiger partial charge in [-0.2, -0.15) is 0 Å². The maximum absolute atomic E-state index is 12.4. The van der Waals surface area contributed by atoms with Crippen LogP contribution < -0.4 is 5.32 Å². The molecule has 0 saturated carbocycles. The predicted octanol–water partition coefficient (Wildman–Crippen LogP) is 2.84. The van der Waals surface area contributed by atoms with Gasteiger partial charge >= 0.3 is 11.9 Å². The van der Waals surface area contributed by atoms with E-state index in [0.717, 1.165) is 6.42 Å². The molecule has 5 nitrogen and oxygen atoms in total. The molecular weight excluding hydrogens is 270 g/mol. The number of carboxylic acids is 1. The third kappa shape index (κ3) is 3.65.